The molecule has 1 aromatic rings. The fourth-order valence-corrected chi connectivity index (χ4v) is 2.48. The third kappa shape index (κ3) is 2.56. The summed E-state index contributed by atoms with van der Waals surface area (Å²) >= 11 is 0. The molecule has 2 rings (SSSR count). The Labute approximate surface area is 105 Å². The minimum atomic E-state index is 0.808. The molecule has 0 N–H and O–H groups in total. The number of hydrogen-bond acceptors (Lipinski definition) is 2. The summed E-state index contributed by atoms with van der Waals surface area (Å²) in [6.07, 6.45) is 4.75. The van der Waals surface area contributed by atoms with Crippen LogP contribution in [0.2, 0.25) is 0 Å². The molecule has 0 aromatic heterocycles. The zero-order chi connectivity index (χ0) is 12.3. The zero-order valence-corrected chi connectivity index (χ0v) is 11.3. The van der Waals surface area contributed by atoms with Crippen LogP contribution in [0.1, 0.15) is 37.8 Å². The Morgan fingerprint density at radius 1 is 1.12 bits per heavy atom. The Kier molecular flexibility index (Phi) is 3.93. The van der Waals surface area contributed by atoms with Crippen LogP contribution >= 0.6 is 0 Å². The molecule has 0 radical (unpaired) electrons. The molecule has 0 bridgehead atoms. The third-order valence-electron chi connectivity index (χ3n) is 3.42. The Morgan fingerprint density at radius 3 is 2.41 bits per heavy atom. The predicted octanol–water partition coefficient (Wildman–Crippen LogP) is 3.42. The van der Waals surface area contributed by atoms with Crippen LogP contribution in [-0.4, -0.2) is 20.2 Å². The molecule has 0 atom stereocenters. The van der Waals surface area contributed by atoms with Crippen LogP contribution in [0.25, 0.3) is 0 Å². The van der Waals surface area contributed by atoms with Crippen molar-refractivity contribution in [1.82, 2.24) is 0 Å². The second-order valence-corrected chi connectivity index (χ2v) is 4.86. The lowest BCUT2D eigenvalue weighted by Gasteiger charge is -2.29. The van der Waals surface area contributed by atoms with E-state index in [-0.39, 0.29) is 0 Å². The van der Waals surface area contributed by atoms with Gasteiger partial charge in [0.1, 0.15) is 12.4 Å². The number of anilines is 1. The summed E-state index contributed by atoms with van der Waals surface area (Å²) in [5.74, 6) is 1.07. The Morgan fingerprint density at radius 2 is 1.76 bits per heavy atom. The molecular weight excluding hydrogens is 210 g/mol. The lowest BCUT2D eigenvalue weighted by Crippen LogP contribution is -2.29. The van der Waals surface area contributed by atoms with Crippen LogP contribution in [0.4, 0.5) is 5.69 Å². The average molecular weight is 233 g/mol. The van der Waals surface area contributed by atoms with Crippen molar-refractivity contribution in [3.05, 3.63) is 23.3 Å². The SMILES string of the molecule is CCCc1cc2c(cc1CCC)N(C)CCO2. The number of aryl methyl sites for hydroxylation is 2. The van der Waals surface area contributed by atoms with Gasteiger partial charge in [0.2, 0.25) is 0 Å². The van der Waals surface area contributed by atoms with Gasteiger partial charge in [-0.1, -0.05) is 26.7 Å². The Balaban J connectivity index is 2.39. The molecule has 0 unspecified atom stereocenters. The highest BCUT2D eigenvalue weighted by Crippen LogP contribution is 2.34. The van der Waals surface area contributed by atoms with E-state index in [4.69, 9.17) is 4.74 Å². The minimum absolute atomic E-state index is 0.808. The van der Waals surface area contributed by atoms with Crippen LogP contribution in [0.5, 0.6) is 5.75 Å². The first-order valence-corrected chi connectivity index (χ1v) is 6.76. The van der Waals surface area contributed by atoms with Crippen molar-refractivity contribution in [3.63, 3.8) is 0 Å². The molecule has 0 amide bonds. The van der Waals surface area contributed by atoms with Crippen molar-refractivity contribution in [2.24, 2.45) is 0 Å². The molecule has 2 heteroatoms. The number of fused-ring (bicyclic) bond motifs is 1. The molecule has 0 saturated heterocycles. The normalized spacial score (nSPS) is 14.4. The van der Waals surface area contributed by atoms with E-state index in [9.17, 15) is 0 Å². The van der Waals surface area contributed by atoms with Gasteiger partial charge in [0.25, 0.3) is 0 Å². The fraction of sp³-hybridized carbons (Fsp3) is 0.600. The van der Waals surface area contributed by atoms with Crippen molar-refractivity contribution < 1.29 is 4.74 Å². The molecule has 0 aliphatic carbocycles. The summed E-state index contributed by atoms with van der Waals surface area (Å²) < 4.78 is 5.77. The summed E-state index contributed by atoms with van der Waals surface area (Å²) in [7, 11) is 2.15. The van der Waals surface area contributed by atoms with E-state index in [1.807, 2.05) is 0 Å². The molecular formula is C15H23NO. The van der Waals surface area contributed by atoms with E-state index in [1.165, 1.54) is 36.1 Å². The summed E-state index contributed by atoms with van der Waals surface area (Å²) in [6.45, 7) is 6.28. The summed E-state index contributed by atoms with van der Waals surface area (Å²) in [5.41, 5.74) is 4.24. The highest BCUT2D eigenvalue weighted by atomic mass is 16.5. The molecule has 1 heterocycles. The smallest absolute Gasteiger partial charge is 0.142 e. The van der Waals surface area contributed by atoms with Gasteiger partial charge < -0.3 is 9.64 Å². The van der Waals surface area contributed by atoms with Crippen LogP contribution in [-0.2, 0) is 12.8 Å². The summed E-state index contributed by atoms with van der Waals surface area (Å²) in [6, 6.07) is 4.60. The van der Waals surface area contributed by atoms with Gasteiger partial charge in [-0.15, -0.1) is 0 Å². The molecule has 0 fully saturated rings. The highest BCUT2D eigenvalue weighted by Gasteiger charge is 2.17. The van der Waals surface area contributed by atoms with Crippen molar-refractivity contribution in [1.29, 1.82) is 0 Å². The molecule has 1 aliphatic heterocycles. The van der Waals surface area contributed by atoms with E-state index in [0.717, 1.165) is 25.3 Å². The molecule has 0 spiro atoms. The Hall–Kier alpha value is -1.18. The van der Waals surface area contributed by atoms with Gasteiger partial charge in [-0.3, -0.25) is 0 Å². The second kappa shape index (κ2) is 5.44. The van der Waals surface area contributed by atoms with Crippen molar-refractivity contribution >= 4 is 5.69 Å². The van der Waals surface area contributed by atoms with E-state index >= 15 is 0 Å². The van der Waals surface area contributed by atoms with Crippen LogP contribution in [0, 0.1) is 0 Å². The topological polar surface area (TPSA) is 12.5 Å². The van der Waals surface area contributed by atoms with Crippen LogP contribution in [0.15, 0.2) is 12.1 Å². The number of benzene rings is 1. The van der Waals surface area contributed by atoms with Crippen molar-refractivity contribution in [2.45, 2.75) is 39.5 Å². The van der Waals surface area contributed by atoms with Gasteiger partial charge in [-0.25, -0.2) is 0 Å². The van der Waals surface area contributed by atoms with Crippen LogP contribution < -0.4 is 9.64 Å². The maximum absolute atomic E-state index is 5.77. The number of ether oxygens (including phenoxy) is 1. The molecule has 1 aromatic carbocycles. The third-order valence-corrected chi connectivity index (χ3v) is 3.42. The number of rotatable bonds is 4. The van der Waals surface area contributed by atoms with Crippen LogP contribution in [0.3, 0.4) is 0 Å². The zero-order valence-electron chi connectivity index (χ0n) is 11.3. The maximum Gasteiger partial charge on any atom is 0.142 e. The molecule has 1 aliphatic rings. The molecule has 2 nitrogen and oxygen atoms in total. The standard InChI is InChI=1S/C15H23NO/c1-4-6-12-10-14-15(11-13(12)7-5-2)17-9-8-16(14)3/h10-11H,4-9H2,1-3H3. The first-order chi connectivity index (χ1) is 8.26. The predicted molar refractivity (Wildman–Crippen MR) is 73.2 cm³/mol. The molecule has 0 saturated carbocycles. The first-order valence-electron chi connectivity index (χ1n) is 6.76. The maximum atomic E-state index is 5.77. The monoisotopic (exact) mass is 233 g/mol. The van der Waals surface area contributed by atoms with E-state index in [2.05, 4.69) is 37.9 Å². The summed E-state index contributed by atoms with van der Waals surface area (Å²) in [5, 5.41) is 0. The van der Waals surface area contributed by atoms with E-state index in [1.54, 1.807) is 0 Å². The number of nitrogens with zero attached hydrogens (tertiary/aromatic N) is 1. The van der Waals surface area contributed by atoms with Crippen molar-refractivity contribution in [2.75, 3.05) is 25.1 Å². The van der Waals surface area contributed by atoms with Gasteiger partial charge in [0.05, 0.1) is 12.2 Å². The average Bonchev–Trinajstić information content (AvgIpc) is 2.32. The van der Waals surface area contributed by atoms with Gasteiger partial charge in [0.15, 0.2) is 0 Å². The van der Waals surface area contributed by atoms with Gasteiger partial charge in [-0.2, -0.15) is 0 Å². The lowest BCUT2D eigenvalue weighted by molar-refractivity contribution is 0.311. The largest absolute Gasteiger partial charge is 0.490 e. The fourth-order valence-electron chi connectivity index (χ4n) is 2.48. The summed E-state index contributed by atoms with van der Waals surface area (Å²) in [4.78, 5) is 2.30. The number of hydrogen-bond donors (Lipinski definition) is 0. The minimum Gasteiger partial charge on any atom is -0.490 e. The van der Waals surface area contributed by atoms with Gasteiger partial charge in [0, 0.05) is 7.05 Å². The second-order valence-electron chi connectivity index (χ2n) is 4.86. The quantitative estimate of drug-likeness (QED) is 0.790. The first kappa shape index (κ1) is 12.3. The van der Waals surface area contributed by atoms with Crippen molar-refractivity contribution in [3.8, 4) is 5.75 Å². The molecule has 17 heavy (non-hydrogen) atoms. The van der Waals surface area contributed by atoms with E-state index < -0.39 is 0 Å². The lowest BCUT2D eigenvalue weighted by atomic mass is 9.97. The van der Waals surface area contributed by atoms with Gasteiger partial charge >= 0.3 is 0 Å². The number of likely N-dealkylation sites (N-methyl/N-ethyl adjacent to an activating group) is 1. The Bertz CT molecular complexity index is 387. The van der Waals surface area contributed by atoms with Gasteiger partial charge in [-0.05, 0) is 36.1 Å². The highest BCUT2D eigenvalue weighted by molar-refractivity contribution is 5.63. The van der Waals surface area contributed by atoms with E-state index in [0.29, 0.717) is 0 Å². The molecule has 94 valence electrons.